The molecule has 0 saturated heterocycles. The smallest absolute Gasteiger partial charge is 0.469 e. The lowest BCUT2D eigenvalue weighted by molar-refractivity contribution is -0.0345. The summed E-state index contributed by atoms with van der Waals surface area (Å²) >= 11 is 0. The van der Waals surface area contributed by atoms with E-state index < -0.39 is 9.05 Å². The van der Waals surface area contributed by atoms with Crippen molar-refractivity contribution in [2.45, 2.75) is 25.7 Å². The average molecular weight is 473 g/mol. The summed E-state index contributed by atoms with van der Waals surface area (Å²) in [5.74, 6) is 3.28. The lowest BCUT2D eigenvalue weighted by atomic mass is 10.3. The maximum atomic E-state index is 6.18. The highest BCUT2D eigenvalue weighted by molar-refractivity contribution is 6.53. The van der Waals surface area contributed by atoms with E-state index in [1.807, 2.05) is 48.5 Å². The quantitative estimate of drug-likeness (QED) is 0.214. The van der Waals surface area contributed by atoms with E-state index in [4.69, 9.17) is 35.4 Å². The first-order valence-corrected chi connectivity index (χ1v) is 12.6. The van der Waals surface area contributed by atoms with Crippen molar-refractivity contribution in [3.63, 3.8) is 0 Å². The molecule has 4 aromatic heterocycles. The van der Waals surface area contributed by atoms with E-state index in [1.54, 1.807) is 25.1 Å². The van der Waals surface area contributed by atoms with Gasteiger partial charge < -0.3 is 35.4 Å². The summed E-state index contributed by atoms with van der Waals surface area (Å²) in [7, 11) is -3.50. The SMILES string of the molecule is c1coc(CCO[Si](OCCc2ccco2)(OCCc2ccco2)OCCc2ccco2)c1. The molecule has 176 valence electrons. The fraction of sp³-hybridized carbons (Fsp3) is 0.333. The number of rotatable bonds is 16. The van der Waals surface area contributed by atoms with Gasteiger partial charge in [-0.15, -0.1) is 0 Å². The third kappa shape index (κ3) is 7.62. The van der Waals surface area contributed by atoms with Crippen LogP contribution in [-0.4, -0.2) is 35.5 Å². The van der Waals surface area contributed by atoms with E-state index in [0.29, 0.717) is 52.1 Å². The monoisotopic (exact) mass is 472 g/mol. The lowest BCUT2D eigenvalue weighted by Crippen LogP contribution is -2.51. The normalized spacial score (nSPS) is 11.9. The van der Waals surface area contributed by atoms with Gasteiger partial charge in [-0.3, -0.25) is 0 Å². The van der Waals surface area contributed by atoms with Gasteiger partial charge in [-0.05, 0) is 48.5 Å². The fourth-order valence-corrected chi connectivity index (χ4v) is 5.08. The number of hydrogen-bond acceptors (Lipinski definition) is 8. The van der Waals surface area contributed by atoms with Crippen molar-refractivity contribution in [1.29, 1.82) is 0 Å². The van der Waals surface area contributed by atoms with Crippen LogP contribution in [0.5, 0.6) is 0 Å². The predicted molar refractivity (Wildman–Crippen MR) is 119 cm³/mol. The van der Waals surface area contributed by atoms with Gasteiger partial charge in [0.1, 0.15) is 23.0 Å². The number of hydrogen-bond donors (Lipinski definition) is 0. The third-order valence-corrected chi connectivity index (χ3v) is 7.06. The van der Waals surface area contributed by atoms with Crippen molar-refractivity contribution in [1.82, 2.24) is 0 Å². The van der Waals surface area contributed by atoms with E-state index >= 15 is 0 Å². The molecule has 4 rings (SSSR count). The minimum atomic E-state index is -3.50. The summed E-state index contributed by atoms with van der Waals surface area (Å²) in [6.45, 7) is 1.34. The Hall–Kier alpha value is -2.82. The van der Waals surface area contributed by atoms with Crippen LogP contribution in [0.15, 0.2) is 91.3 Å². The van der Waals surface area contributed by atoms with Crippen molar-refractivity contribution < 1.29 is 35.4 Å². The van der Waals surface area contributed by atoms with Crippen LogP contribution in [0, 0.1) is 0 Å². The molecule has 4 heterocycles. The minimum absolute atomic E-state index is 0.335. The van der Waals surface area contributed by atoms with E-state index in [0.717, 1.165) is 23.0 Å². The molecule has 0 unspecified atom stereocenters. The van der Waals surface area contributed by atoms with Gasteiger partial charge in [0.15, 0.2) is 0 Å². The standard InChI is InChI=1S/C24H28O8Si/c1-5-21(25-13-1)9-17-29-33(30-18-10-22-6-2-14-26-22,31-19-11-23-7-3-15-27-23)32-20-12-24-8-4-16-28-24/h1-8,13-16H,9-12,17-20H2. The topological polar surface area (TPSA) is 89.5 Å². The van der Waals surface area contributed by atoms with Crippen molar-refractivity contribution >= 4 is 9.05 Å². The van der Waals surface area contributed by atoms with Gasteiger partial charge in [0.05, 0.1) is 25.1 Å². The first-order chi connectivity index (χ1) is 16.3. The molecule has 0 bridgehead atoms. The highest BCUT2D eigenvalue weighted by Crippen LogP contribution is 2.17. The molecular weight excluding hydrogens is 444 g/mol. The Kier molecular flexibility index (Phi) is 8.79. The molecule has 33 heavy (non-hydrogen) atoms. The van der Waals surface area contributed by atoms with Crippen LogP contribution in [0.3, 0.4) is 0 Å². The molecule has 0 aliphatic heterocycles. The summed E-state index contributed by atoms with van der Waals surface area (Å²) in [6.07, 6.45) is 8.86. The Bertz CT molecular complexity index is 811. The summed E-state index contributed by atoms with van der Waals surface area (Å²) in [6, 6.07) is 15.0. The first kappa shape index (κ1) is 23.3. The zero-order chi connectivity index (χ0) is 22.6. The molecule has 0 aromatic carbocycles. The molecule has 0 atom stereocenters. The summed E-state index contributed by atoms with van der Waals surface area (Å²) in [5.41, 5.74) is 0. The number of furan rings is 4. The van der Waals surface area contributed by atoms with Crippen LogP contribution in [0.25, 0.3) is 0 Å². The van der Waals surface area contributed by atoms with Gasteiger partial charge >= 0.3 is 9.05 Å². The largest absolute Gasteiger partial charge is 0.679 e. The second-order valence-electron chi connectivity index (χ2n) is 7.21. The Balaban J connectivity index is 1.40. The fourth-order valence-electron chi connectivity index (χ4n) is 3.18. The summed E-state index contributed by atoms with van der Waals surface area (Å²) in [5, 5.41) is 0. The maximum absolute atomic E-state index is 6.18. The van der Waals surface area contributed by atoms with Crippen LogP contribution >= 0.6 is 0 Å². The van der Waals surface area contributed by atoms with Gasteiger partial charge in [-0.2, -0.15) is 0 Å². The van der Waals surface area contributed by atoms with Gasteiger partial charge in [0, 0.05) is 52.1 Å². The minimum Gasteiger partial charge on any atom is -0.469 e. The molecular formula is C24H28O8Si. The van der Waals surface area contributed by atoms with E-state index in [-0.39, 0.29) is 0 Å². The van der Waals surface area contributed by atoms with Crippen molar-refractivity contribution in [2.24, 2.45) is 0 Å². The van der Waals surface area contributed by atoms with Gasteiger partial charge in [0.25, 0.3) is 0 Å². The van der Waals surface area contributed by atoms with Gasteiger partial charge in [-0.25, -0.2) is 0 Å². The van der Waals surface area contributed by atoms with E-state index in [1.165, 1.54) is 0 Å². The Morgan fingerprint density at radius 2 is 0.727 bits per heavy atom. The molecule has 8 nitrogen and oxygen atoms in total. The zero-order valence-corrected chi connectivity index (χ0v) is 19.4. The first-order valence-electron chi connectivity index (χ1n) is 11.0. The second-order valence-corrected chi connectivity index (χ2v) is 9.37. The van der Waals surface area contributed by atoms with Crippen LogP contribution in [0.4, 0.5) is 0 Å². The van der Waals surface area contributed by atoms with Crippen molar-refractivity contribution in [3.8, 4) is 0 Å². The van der Waals surface area contributed by atoms with E-state index in [2.05, 4.69) is 0 Å². The predicted octanol–water partition coefficient (Wildman–Crippen LogP) is 4.83. The van der Waals surface area contributed by atoms with Crippen LogP contribution in [0.1, 0.15) is 23.0 Å². The Morgan fingerprint density at radius 3 is 0.939 bits per heavy atom. The molecule has 0 saturated carbocycles. The maximum Gasteiger partial charge on any atom is 0.679 e. The molecule has 0 aliphatic carbocycles. The van der Waals surface area contributed by atoms with Crippen LogP contribution < -0.4 is 0 Å². The Morgan fingerprint density at radius 1 is 0.455 bits per heavy atom. The van der Waals surface area contributed by atoms with Crippen molar-refractivity contribution in [3.05, 3.63) is 96.6 Å². The average Bonchev–Trinajstić information content (AvgIpc) is 3.63. The van der Waals surface area contributed by atoms with Crippen LogP contribution in [0.2, 0.25) is 0 Å². The molecule has 0 spiro atoms. The molecule has 0 radical (unpaired) electrons. The lowest BCUT2D eigenvalue weighted by Gasteiger charge is -2.28. The second kappa shape index (κ2) is 12.4. The molecule has 0 amide bonds. The molecule has 4 aromatic rings. The molecule has 0 fully saturated rings. The van der Waals surface area contributed by atoms with Gasteiger partial charge in [0.2, 0.25) is 0 Å². The highest BCUT2D eigenvalue weighted by Gasteiger charge is 2.46. The Labute approximate surface area is 193 Å². The van der Waals surface area contributed by atoms with Crippen LogP contribution in [-0.2, 0) is 43.4 Å². The van der Waals surface area contributed by atoms with E-state index in [9.17, 15) is 0 Å². The third-order valence-electron chi connectivity index (χ3n) is 4.83. The molecule has 0 aliphatic rings. The van der Waals surface area contributed by atoms with Crippen molar-refractivity contribution in [2.75, 3.05) is 26.4 Å². The highest BCUT2D eigenvalue weighted by atomic mass is 28.4. The molecule has 9 heteroatoms. The van der Waals surface area contributed by atoms with Gasteiger partial charge in [-0.1, -0.05) is 0 Å². The summed E-state index contributed by atoms with van der Waals surface area (Å²) < 4.78 is 46.4. The molecule has 0 N–H and O–H groups in total. The summed E-state index contributed by atoms with van der Waals surface area (Å²) in [4.78, 5) is 0. The zero-order valence-electron chi connectivity index (χ0n) is 18.4.